The van der Waals surface area contributed by atoms with Crippen LogP contribution >= 0.6 is 0 Å². The number of fused-ring (bicyclic) bond motifs is 2. The zero-order valence-corrected chi connectivity index (χ0v) is 7.79. The van der Waals surface area contributed by atoms with Crippen LogP contribution in [0.15, 0.2) is 0 Å². The van der Waals surface area contributed by atoms with Gasteiger partial charge in [-0.2, -0.15) is 0 Å². The largest absolute Gasteiger partial charge is 0.462 e. The zero-order chi connectivity index (χ0) is 9.42. The van der Waals surface area contributed by atoms with Crippen LogP contribution in [0.1, 0.15) is 32.6 Å². The van der Waals surface area contributed by atoms with Crippen LogP contribution in [-0.2, 0) is 14.3 Å². The summed E-state index contributed by atoms with van der Waals surface area (Å²) in [5.74, 6) is 0.756. The SMILES string of the molecule is CC(=O)O[C@H]1CC(=O)[C@H]2CC[C@@H]1C2. The van der Waals surface area contributed by atoms with Gasteiger partial charge in [-0.3, -0.25) is 9.59 Å². The molecule has 13 heavy (non-hydrogen) atoms. The molecule has 0 spiro atoms. The van der Waals surface area contributed by atoms with Crippen LogP contribution in [0.4, 0.5) is 0 Å². The summed E-state index contributed by atoms with van der Waals surface area (Å²) in [6, 6.07) is 0. The van der Waals surface area contributed by atoms with Crippen LogP contribution in [0.2, 0.25) is 0 Å². The van der Waals surface area contributed by atoms with Gasteiger partial charge in [-0.1, -0.05) is 0 Å². The van der Waals surface area contributed by atoms with E-state index in [1.54, 1.807) is 0 Å². The second-order valence-corrected chi connectivity index (χ2v) is 4.09. The molecule has 0 unspecified atom stereocenters. The van der Waals surface area contributed by atoms with Gasteiger partial charge in [0.05, 0.1) is 0 Å². The fraction of sp³-hybridized carbons (Fsp3) is 0.800. The van der Waals surface area contributed by atoms with Crippen molar-refractivity contribution in [2.45, 2.75) is 38.7 Å². The van der Waals surface area contributed by atoms with Crippen molar-refractivity contribution in [1.82, 2.24) is 0 Å². The Bertz CT molecular complexity index is 247. The van der Waals surface area contributed by atoms with Gasteiger partial charge >= 0.3 is 5.97 Å². The number of carbonyl (C=O) groups excluding carboxylic acids is 2. The first-order valence-corrected chi connectivity index (χ1v) is 4.86. The summed E-state index contributed by atoms with van der Waals surface area (Å²) in [5, 5.41) is 0. The monoisotopic (exact) mass is 182 g/mol. The van der Waals surface area contributed by atoms with Crippen molar-refractivity contribution in [1.29, 1.82) is 0 Å². The van der Waals surface area contributed by atoms with Crippen molar-refractivity contribution < 1.29 is 14.3 Å². The maximum atomic E-state index is 11.5. The highest BCUT2D eigenvalue weighted by Crippen LogP contribution is 2.41. The fourth-order valence-electron chi connectivity index (χ4n) is 2.53. The number of ketones is 1. The molecule has 0 aliphatic heterocycles. The van der Waals surface area contributed by atoms with Crippen molar-refractivity contribution in [3.05, 3.63) is 0 Å². The normalized spacial score (nSPS) is 37.6. The Morgan fingerprint density at radius 2 is 2.23 bits per heavy atom. The molecule has 0 aromatic carbocycles. The summed E-state index contributed by atoms with van der Waals surface area (Å²) in [6.45, 7) is 1.41. The first kappa shape index (κ1) is 8.73. The average Bonchev–Trinajstić information content (AvgIpc) is 2.44. The van der Waals surface area contributed by atoms with E-state index in [-0.39, 0.29) is 18.0 Å². The lowest BCUT2D eigenvalue weighted by Crippen LogP contribution is -2.33. The predicted molar refractivity (Wildman–Crippen MR) is 46.0 cm³/mol. The van der Waals surface area contributed by atoms with Gasteiger partial charge in [-0.25, -0.2) is 0 Å². The van der Waals surface area contributed by atoms with Crippen LogP contribution in [0.3, 0.4) is 0 Å². The van der Waals surface area contributed by atoms with Crippen molar-refractivity contribution in [3.8, 4) is 0 Å². The predicted octanol–water partition coefficient (Wildman–Crippen LogP) is 1.31. The summed E-state index contributed by atoms with van der Waals surface area (Å²) in [4.78, 5) is 22.2. The van der Waals surface area contributed by atoms with Crippen LogP contribution in [0.25, 0.3) is 0 Å². The lowest BCUT2D eigenvalue weighted by Gasteiger charge is -2.27. The summed E-state index contributed by atoms with van der Waals surface area (Å²) in [6.07, 6.45) is 3.32. The molecule has 0 aromatic heterocycles. The second-order valence-electron chi connectivity index (χ2n) is 4.09. The van der Waals surface area contributed by atoms with Gasteiger partial charge in [0.2, 0.25) is 0 Å². The first-order valence-electron chi connectivity index (χ1n) is 4.86. The molecule has 2 saturated carbocycles. The number of hydrogen-bond acceptors (Lipinski definition) is 3. The number of rotatable bonds is 1. The molecule has 0 aromatic rings. The molecule has 0 amide bonds. The van der Waals surface area contributed by atoms with Gasteiger partial charge in [-0.05, 0) is 25.2 Å². The molecule has 2 bridgehead atoms. The summed E-state index contributed by atoms with van der Waals surface area (Å²) < 4.78 is 5.13. The highest BCUT2D eigenvalue weighted by Gasteiger charge is 2.42. The maximum absolute atomic E-state index is 11.5. The number of Topliss-reactive ketones (excluding diaryl/α,β-unsaturated/α-hetero) is 1. The van der Waals surface area contributed by atoms with E-state index in [2.05, 4.69) is 0 Å². The molecular formula is C10H14O3. The molecule has 2 aliphatic carbocycles. The van der Waals surface area contributed by atoms with Crippen LogP contribution < -0.4 is 0 Å². The van der Waals surface area contributed by atoms with Gasteiger partial charge < -0.3 is 4.74 Å². The first-order chi connectivity index (χ1) is 6.16. The quantitative estimate of drug-likeness (QED) is 0.574. The van der Waals surface area contributed by atoms with E-state index >= 15 is 0 Å². The van der Waals surface area contributed by atoms with Gasteiger partial charge in [0.1, 0.15) is 11.9 Å². The smallest absolute Gasteiger partial charge is 0.302 e. The lowest BCUT2D eigenvalue weighted by atomic mass is 9.86. The molecule has 2 aliphatic rings. The van der Waals surface area contributed by atoms with E-state index in [1.165, 1.54) is 6.92 Å². The number of esters is 1. The third-order valence-electron chi connectivity index (χ3n) is 3.17. The average molecular weight is 182 g/mol. The van der Waals surface area contributed by atoms with E-state index in [4.69, 9.17) is 4.74 Å². The standard InChI is InChI=1S/C10H14O3/c1-6(11)13-10-5-9(12)7-2-3-8(10)4-7/h7-8,10H,2-5H2,1H3/t7-,8+,10-/m0/s1. The molecule has 0 saturated heterocycles. The number of hydrogen-bond donors (Lipinski definition) is 0. The van der Waals surface area contributed by atoms with E-state index in [0.29, 0.717) is 18.1 Å². The molecular weight excluding hydrogens is 168 g/mol. The van der Waals surface area contributed by atoms with Gasteiger partial charge in [0.25, 0.3) is 0 Å². The number of carbonyl (C=O) groups is 2. The maximum Gasteiger partial charge on any atom is 0.302 e. The Morgan fingerprint density at radius 1 is 1.46 bits per heavy atom. The molecule has 72 valence electrons. The minimum absolute atomic E-state index is 0.122. The number of ether oxygens (including phenoxy) is 1. The second kappa shape index (κ2) is 3.13. The Hall–Kier alpha value is -0.860. The molecule has 0 N–H and O–H groups in total. The zero-order valence-electron chi connectivity index (χ0n) is 7.79. The van der Waals surface area contributed by atoms with Crippen molar-refractivity contribution in [3.63, 3.8) is 0 Å². The summed E-state index contributed by atoms with van der Waals surface area (Å²) in [7, 11) is 0. The van der Waals surface area contributed by atoms with Gasteiger partial charge in [-0.15, -0.1) is 0 Å². The molecule has 0 heterocycles. The van der Waals surface area contributed by atoms with Gasteiger partial charge in [0.15, 0.2) is 0 Å². The molecule has 2 rings (SSSR count). The third kappa shape index (κ3) is 1.60. The molecule has 0 radical (unpaired) electrons. The van der Waals surface area contributed by atoms with E-state index in [9.17, 15) is 9.59 Å². The Kier molecular flexibility index (Phi) is 2.10. The van der Waals surface area contributed by atoms with Crippen LogP contribution in [-0.4, -0.2) is 17.9 Å². The van der Waals surface area contributed by atoms with Crippen molar-refractivity contribution in [2.24, 2.45) is 11.8 Å². The molecule has 3 heteroatoms. The van der Waals surface area contributed by atoms with Crippen molar-refractivity contribution in [2.75, 3.05) is 0 Å². The van der Waals surface area contributed by atoms with E-state index in [0.717, 1.165) is 19.3 Å². The van der Waals surface area contributed by atoms with E-state index in [1.807, 2.05) is 0 Å². The fourth-order valence-corrected chi connectivity index (χ4v) is 2.53. The Labute approximate surface area is 77.4 Å². The minimum atomic E-state index is -0.261. The topological polar surface area (TPSA) is 43.4 Å². The summed E-state index contributed by atoms with van der Waals surface area (Å²) in [5.41, 5.74) is 0. The molecule has 3 atom stereocenters. The molecule has 3 nitrogen and oxygen atoms in total. The highest BCUT2D eigenvalue weighted by atomic mass is 16.5. The third-order valence-corrected chi connectivity index (χ3v) is 3.17. The molecule has 2 fully saturated rings. The Balaban J connectivity index is 2.04. The van der Waals surface area contributed by atoms with Crippen LogP contribution in [0, 0.1) is 11.8 Å². The summed E-state index contributed by atoms with van der Waals surface area (Å²) >= 11 is 0. The Morgan fingerprint density at radius 3 is 2.92 bits per heavy atom. The van der Waals surface area contributed by atoms with Crippen LogP contribution in [0.5, 0.6) is 0 Å². The van der Waals surface area contributed by atoms with Crippen molar-refractivity contribution >= 4 is 11.8 Å². The van der Waals surface area contributed by atoms with Gasteiger partial charge in [0, 0.05) is 19.3 Å². The van der Waals surface area contributed by atoms with E-state index < -0.39 is 0 Å². The highest BCUT2D eigenvalue weighted by molar-refractivity contribution is 5.83. The minimum Gasteiger partial charge on any atom is -0.462 e. The lowest BCUT2D eigenvalue weighted by molar-refractivity contribution is -0.152.